The Balaban J connectivity index is 2.04. The molecule has 5 nitrogen and oxygen atoms in total. The molecule has 0 aliphatic carbocycles. The third kappa shape index (κ3) is 3.43. The third-order valence-electron chi connectivity index (χ3n) is 6.20. The van der Waals surface area contributed by atoms with E-state index in [0.29, 0.717) is 16.8 Å². The molecule has 0 atom stereocenters. The molecule has 34 heavy (non-hydrogen) atoms. The minimum absolute atomic E-state index is 0.0131. The number of rotatable bonds is 4. The Hall–Kier alpha value is -3.14. The number of hydrogen-bond donors (Lipinski definition) is 0. The van der Waals surface area contributed by atoms with E-state index in [1.54, 1.807) is 45.2 Å². The van der Waals surface area contributed by atoms with Crippen LogP contribution in [-0.4, -0.2) is 41.8 Å². The molecule has 2 aliphatic rings. The van der Waals surface area contributed by atoms with Gasteiger partial charge in [-0.25, -0.2) is 0 Å². The van der Waals surface area contributed by atoms with Crippen LogP contribution in [0.5, 0.6) is 5.75 Å². The maximum absolute atomic E-state index is 14.5. The van der Waals surface area contributed by atoms with E-state index in [-0.39, 0.29) is 29.1 Å². The van der Waals surface area contributed by atoms with Crippen LogP contribution in [0.3, 0.4) is 0 Å². The standard InChI is InChI=1S/C24H23F5N2O3/c1-13-16(23(25,26)24(27,28)29)10-11-17-18(13)19(20(30(4)33-5)22(2,3)34-17)31-12-14-8-6-7-9-15(14)21(31)32/h6-11H,12H2,1-5H3. The summed E-state index contributed by atoms with van der Waals surface area (Å²) in [6.45, 7) is 4.68. The number of benzene rings is 2. The highest BCUT2D eigenvalue weighted by atomic mass is 19.4. The van der Waals surface area contributed by atoms with Crippen LogP contribution in [0.1, 0.15) is 46.5 Å². The molecule has 0 radical (unpaired) electrons. The number of fused-ring (bicyclic) bond motifs is 2. The van der Waals surface area contributed by atoms with Crippen LogP contribution in [0, 0.1) is 6.92 Å². The van der Waals surface area contributed by atoms with Gasteiger partial charge in [-0.05, 0) is 50.1 Å². The highest BCUT2D eigenvalue weighted by Gasteiger charge is 2.60. The summed E-state index contributed by atoms with van der Waals surface area (Å²) in [7, 11) is 2.92. The van der Waals surface area contributed by atoms with Crippen LogP contribution in [0.15, 0.2) is 42.1 Å². The summed E-state index contributed by atoms with van der Waals surface area (Å²) < 4.78 is 74.8. The molecular weight excluding hydrogens is 459 g/mol. The van der Waals surface area contributed by atoms with E-state index in [1.807, 2.05) is 0 Å². The molecule has 0 unspecified atom stereocenters. The second-order valence-electron chi connectivity index (χ2n) is 8.72. The van der Waals surface area contributed by atoms with E-state index in [9.17, 15) is 26.7 Å². The van der Waals surface area contributed by atoms with Gasteiger partial charge in [0.25, 0.3) is 5.91 Å². The first kappa shape index (κ1) is 24.0. The van der Waals surface area contributed by atoms with Crippen molar-refractivity contribution >= 4 is 11.6 Å². The second-order valence-corrected chi connectivity index (χ2v) is 8.72. The lowest BCUT2D eigenvalue weighted by Gasteiger charge is -2.43. The fourth-order valence-corrected chi connectivity index (χ4v) is 4.60. The number of alkyl halides is 5. The van der Waals surface area contributed by atoms with Gasteiger partial charge in [0.15, 0.2) is 0 Å². The topological polar surface area (TPSA) is 42.0 Å². The van der Waals surface area contributed by atoms with Crippen molar-refractivity contribution in [2.24, 2.45) is 0 Å². The molecule has 2 aromatic rings. The van der Waals surface area contributed by atoms with Crippen LogP contribution in [0.2, 0.25) is 0 Å². The van der Waals surface area contributed by atoms with Gasteiger partial charge < -0.3 is 9.64 Å². The molecule has 4 rings (SSSR count). The molecule has 1 amide bonds. The monoisotopic (exact) mass is 482 g/mol. The van der Waals surface area contributed by atoms with Crippen molar-refractivity contribution < 1.29 is 36.3 Å². The molecule has 182 valence electrons. The SMILES string of the molecule is CON(C)C1=C(N2Cc3ccccc3C2=O)c2c(ccc(C(F)(F)C(F)(F)F)c2C)OC1(C)C. The molecular formula is C24H23F5N2O3. The van der Waals surface area contributed by atoms with Crippen molar-refractivity contribution in [1.82, 2.24) is 9.96 Å². The molecule has 0 saturated heterocycles. The number of hydroxylamine groups is 2. The van der Waals surface area contributed by atoms with Crippen LogP contribution in [0.25, 0.3) is 5.70 Å². The van der Waals surface area contributed by atoms with Crippen LogP contribution in [-0.2, 0) is 17.3 Å². The molecule has 0 aromatic heterocycles. The quantitative estimate of drug-likeness (QED) is 0.418. The maximum atomic E-state index is 14.5. The number of carbonyl (C=O) groups excluding carboxylic acids is 1. The highest BCUT2D eigenvalue weighted by molar-refractivity contribution is 6.04. The molecule has 2 aromatic carbocycles. The van der Waals surface area contributed by atoms with Crippen molar-refractivity contribution in [1.29, 1.82) is 0 Å². The lowest BCUT2D eigenvalue weighted by atomic mass is 9.88. The molecule has 0 N–H and O–H groups in total. The van der Waals surface area contributed by atoms with Crippen molar-refractivity contribution in [3.63, 3.8) is 0 Å². The molecule has 0 spiro atoms. The van der Waals surface area contributed by atoms with Gasteiger partial charge in [-0.1, -0.05) is 18.2 Å². The van der Waals surface area contributed by atoms with Gasteiger partial charge >= 0.3 is 12.1 Å². The number of amides is 1. The minimum atomic E-state index is -5.80. The Morgan fingerprint density at radius 1 is 1.09 bits per heavy atom. The van der Waals surface area contributed by atoms with Gasteiger partial charge in [0.05, 0.1) is 19.4 Å². The van der Waals surface area contributed by atoms with Crippen LogP contribution < -0.4 is 4.74 Å². The average Bonchev–Trinajstić information content (AvgIpc) is 3.07. The summed E-state index contributed by atoms with van der Waals surface area (Å²) >= 11 is 0. The first-order chi connectivity index (χ1) is 15.7. The number of likely N-dealkylation sites (N-methyl/N-ethyl adjacent to an activating group) is 1. The predicted molar refractivity (Wildman–Crippen MR) is 114 cm³/mol. The zero-order valence-electron chi connectivity index (χ0n) is 19.2. The summed E-state index contributed by atoms with van der Waals surface area (Å²) in [6, 6.07) is 8.69. The number of ether oxygens (including phenoxy) is 1. The second kappa shape index (κ2) is 7.69. The zero-order chi connectivity index (χ0) is 25.2. The van der Waals surface area contributed by atoms with E-state index in [2.05, 4.69) is 0 Å². The van der Waals surface area contributed by atoms with Crippen molar-refractivity contribution in [2.45, 2.75) is 45.0 Å². The Bertz CT molecular complexity index is 1200. The molecule has 0 saturated carbocycles. The van der Waals surface area contributed by atoms with Gasteiger partial charge in [-0.15, -0.1) is 0 Å². The Labute approximate surface area is 193 Å². The Morgan fingerprint density at radius 3 is 2.32 bits per heavy atom. The molecule has 0 fully saturated rings. The van der Waals surface area contributed by atoms with Crippen molar-refractivity contribution in [3.05, 3.63) is 69.9 Å². The summed E-state index contributed by atoms with van der Waals surface area (Å²) in [4.78, 5) is 20.1. The van der Waals surface area contributed by atoms with Gasteiger partial charge in [-0.2, -0.15) is 22.0 Å². The van der Waals surface area contributed by atoms with Crippen molar-refractivity contribution in [2.75, 3.05) is 14.2 Å². The van der Waals surface area contributed by atoms with E-state index >= 15 is 0 Å². The molecule has 0 bridgehead atoms. The molecule has 2 heterocycles. The van der Waals surface area contributed by atoms with Crippen LogP contribution >= 0.6 is 0 Å². The van der Waals surface area contributed by atoms with Crippen LogP contribution in [0.4, 0.5) is 22.0 Å². The minimum Gasteiger partial charge on any atom is -0.481 e. The normalized spacial score (nSPS) is 17.5. The maximum Gasteiger partial charge on any atom is 0.458 e. The predicted octanol–water partition coefficient (Wildman–Crippen LogP) is 5.64. The smallest absolute Gasteiger partial charge is 0.458 e. The van der Waals surface area contributed by atoms with Gasteiger partial charge in [0, 0.05) is 23.7 Å². The summed E-state index contributed by atoms with van der Waals surface area (Å²) in [6.07, 6.45) is -5.80. The fourth-order valence-electron chi connectivity index (χ4n) is 4.60. The lowest BCUT2D eigenvalue weighted by molar-refractivity contribution is -0.289. The van der Waals surface area contributed by atoms with Crippen molar-refractivity contribution in [3.8, 4) is 5.75 Å². The highest BCUT2D eigenvalue weighted by Crippen LogP contribution is 2.51. The molecule has 10 heteroatoms. The first-order valence-electron chi connectivity index (χ1n) is 10.4. The van der Waals surface area contributed by atoms with Gasteiger partial charge in [-0.3, -0.25) is 14.7 Å². The number of halogens is 5. The zero-order valence-corrected chi connectivity index (χ0v) is 19.2. The van der Waals surface area contributed by atoms with E-state index < -0.39 is 29.2 Å². The summed E-state index contributed by atoms with van der Waals surface area (Å²) in [5, 5.41) is 1.32. The van der Waals surface area contributed by atoms with Gasteiger partial charge in [0.2, 0.25) is 0 Å². The Morgan fingerprint density at radius 2 is 1.74 bits per heavy atom. The fraction of sp³-hybridized carbons (Fsp3) is 0.375. The molecule has 2 aliphatic heterocycles. The average molecular weight is 482 g/mol. The number of nitrogens with zero attached hydrogens (tertiary/aromatic N) is 2. The van der Waals surface area contributed by atoms with E-state index in [4.69, 9.17) is 9.57 Å². The number of hydrogen-bond acceptors (Lipinski definition) is 4. The Kier molecular flexibility index (Phi) is 5.43. The van der Waals surface area contributed by atoms with E-state index in [1.165, 1.54) is 24.0 Å². The first-order valence-corrected chi connectivity index (χ1v) is 10.4. The number of carbonyl (C=O) groups is 1. The van der Waals surface area contributed by atoms with E-state index in [0.717, 1.165) is 12.1 Å². The van der Waals surface area contributed by atoms with Gasteiger partial charge in [0.1, 0.15) is 17.0 Å². The third-order valence-corrected chi connectivity index (χ3v) is 6.20. The summed E-state index contributed by atoms with van der Waals surface area (Å²) in [5.41, 5.74) is -1.06. The summed E-state index contributed by atoms with van der Waals surface area (Å²) in [5.74, 6) is -5.41. The lowest BCUT2D eigenvalue weighted by Crippen LogP contribution is -2.45. The largest absolute Gasteiger partial charge is 0.481 e.